The Balaban J connectivity index is 1.89. The van der Waals surface area contributed by atoms with Gasteiger partial charge in [-0.2, -0.15) is 0 Å². The minimum Gasteiger partial charge on any atom is -0.352 e. The summed E-state index contributed by atoms with van der Waals surface area (Å²) >= 11 is 0. The van der Waals surface area contributed by atoms with Crippen LogP contribution in [-0.2, 0) is 11.3 Å². The molecule has 0 atom stereocenters. The van der Waals surface area contributed by atoms with E-state index in [1.54, 1.807) is 17.0 Å². The zero-order valence-electron chi connectivity index (χ0n) is 12.3. The van der Waals surface area contributed by atoms with Gasteiger partial charge < -0.3 is 15.1 Å². The summed E-state index contributed by atoms with van der Waals surface area (Å²) in [5.41, 5.74) is 0.873. The largest absolute Gasteiger partial charge is 0.352 e. The van der Waals surface area contributed by atoms with E-state index in [9.17, 15) is 14.0 Å². The molecule has 1 aliphatic heterocycles. The summed E-state index contributed by atoms with van der Waals surface area (Å²) in [6, 6.07) is 5.99. The molecule has 0 radical (unpaired) electrons. The Labute approximate surface area is 123 Å². The molecule has 0 bridgehead atoms. The Morgan fingerprint density at radius 3 is 2.48 bits per heavy atom. The number of urea groups is 1. The first kappa shape index (κ1) is 15.3. The fourth-order valence-corrected chi connectivity index (χ4v) is 2.28. The second-order valence-electron chi connectivity index (χ2n) is 5.47. The number of carbonyl (C=O) groups excluding carboxylic acids is 2. The van der Waals surface area contributed by atoms with Crippen molar-refractivity contribution in [1.29, 1.82) is 0 Å². The molecule has 3 amide bonds. The molecule has 1 saturated heterocycles. The van der Waals surface area contributed by atoms with Crippen molar-refractivity contribution >= 4 is 11.9 Å². The molecule has 1 aromatic carbocycles. The number of nitrogens with zero attached hydrogens (tertiary/aromatic N) is 2. The molecule has 1 N–H and O–H groups in total. The molecule has 0 saturated carbocycles. The van der Waals surface area contributed by atoms with Crippen LogP contribution in [0.15, 0.2) is 24.3 Å². The maximum Gasteiger partial charge on any atom is 0.320 e. The Kier molecular flexibility index (Phi) is 4.77. The average molecular weight is 293 g/mol. The van der Waals surface area contributed by atoms with Gasteiger partial charge in [-0.3, -0.25) is 4.79 Å². The second-order valence-corrected chi connectivity index (χ2v) is 5.47. The van der Waals surface area contributed by atoms with Crippen molar-refractivity contribution in [2.75, 3.05) is 19.6 Å². The van der Waals surface area contributed by atoms with Gasteiger partial charge in [-0.15, -0.1) is 0 Å². The van der Waals surface area contributed by atoms with Crippen molar-refractivity contribution in [2.24, 2.45) is 0 Å². The summed E-state index contributed by atoms with van der Waals surface area (Å²) in [6.45, 7) is 5.38. The lowest BCUT2D eigenvalue weighted by atomic mass is 10.2. The van der Waals surface area contributed by atoms with Gasteiger partial charge in [0.2, 0.25) is 5.91 Å². The van der Waals surface area contributed by atoms with Gasteiger partial charge in [-0.25, -0.2) is 9.18 Å². The monoisotopic (exact) mass is 293 g/mol. The van der Waals surface area contributed by atoms with Gasteiger partial charge in [0.1, 0.15) is 12.4 Å². The van der Waals surface area contributed by atoms with Crippen LogP contribution in [0.1, 0.15) is 19.4 Å². The van der Waals surface area contributed by atoms with Crippen LogP contribution in [0.25, 0.3) is 0 Å². The Morgan fingerprint density at radius 2 is 1.86 bits per heavy atom. The van der Waals surface area contributed by atoms with Gasteiger partial charge in [-0.1, -0.05) is 12.1 Å². The maximum atomic E-state index is 12.9. The van der Waals surface area contributed by atoms with Crippen molar-refractivity contribution in [3.05, 3.63) is 35.6 Å². The van der Waals surface area contributed by atoms with Gasteiger partial charge in [0, 0.05) is 25.7 Å². The topological polar surface area (TPSA) is 52.7 Å². The molecule has 1 heterocycles. The molecule has 0 spiro atoms. The molecule has 1 fully saturated rings. The number of carbonyl (C=O) groups is 2. The molecule has 0 aromatic heterocycles. The fraction of sp³-hybridized carbons (Fsp3) is 0.467. The van der Waals surface area contributed by atoms with E-state index in [1.165, 1.54) is 17.0 Å². The predicted octanol–water partition coefficient (Wildman–Crippen LogP) is 1.59. The third kappa shape index (κ3) is 4.18. The highest BCUT2D eigenvalue weighted by molar-refractivity contribution is 5.85. The van der Waals surface area contributed by atoms with Crippen LogP contribution in [0, 0.1) is 5.82 Å². The van der Waals surface area contributed by atoms with E-state index >= 15 is 0 Å². The number of nitrogens with one attached hydrogen (secondary N) is 1. The molecule has 2 rings (SSSR count). The zero-order valence-corrected chi connectivity index (χ0v) is 12.3. The predicted molar refractivity (Wildman–Crippen MR) is 77.1 cm³/mol. The summed E-state index contributed by atoms with van der Waals surface area (Å²) in [4.78, 5) is 27.1. The highest BCUT2D eigenvalue weighted by Crippen LogP contribution is 2.13. The van der Waals surface area contributed by atoms with E-state index in [4.69, 9.17) is 0 Å². The van der Waals surface area contributed by atoms with Crippen LogP contribution in [0.5, 0.6) is 0 Å². The van der Waals surface area contributed by atoms with Gasteiger partial charge in [0.15, 0.2) is 0 Å². The van der Waals surface area contributed by atoms with Crippen molar-refractivity contribution in [3.63, 3.8) is 0 Å². The van der Waals surface area contributed by atoms with Crippen molar-refractivity contribution in [1.82, 2.24) is 15.1 Å². The Hall–Kier alpha value is -2.11. The first-order chi connectivity index (χ1) is 9.95. The van der Waals surface area contributed by atoms with Gasteiger partial charge in [-0.05, 0) is 31.5 Å². The molecule has 21 heavy (non-hydrogen) atoms. The van der Waals surface area contributed by atoms with Crippen LogP contribution in [0.4, 0.5) is 9.18 Å². The number of benzene rings is 1. The molecule has 6 heteroatoms. The molecule has 1 aliphatic rings. The van der Waals surface area contributed by atoms with E-state index in [1.807, 2.05) is 13.8 Å². The molecule has 5 nitrogen and oxygen atoms in total. The minimum atomic E-state index is -0.293. The Morgan fingerprint density at radius 1 is 1.24 bits per heavy atom. The number of hydrogen-bond donors (Lipinski definition) is 1. The second kappa shape index (κ2) is 6.56. The highest BCUT2D eigenvalue weighted by atomic mass is 19.1. The number of rotatable bonds is 5. The third-order valence-corrected chi connectivity index (χ3v) is 3.25. The van der Waals surface area contributed by atoms with E-state index in [2.05, 4.69) is 5.32 Å². The van der Waals surface area contributed by atoms with Crippen LogP contribution >= 0.6 is 0 Å². The SMILES string of the molecule is CC(C)NC(=O)CN1CCN(Cc2ccc(F)cc2)C1=O. The quantitative estimate of drug-likeness (QED) is 0.896. The molecule has 0 aliphatic carbocycles. The minimum absolute atomic E-state index is 0.0607. The maximum absolute atomic E-state index is 12.9. The number of hydrogen-bond acceptors (Lipinski definition) is 2. The zero-order chi connectivity index (χ0) is 15.4. The Bertz CT molecular complexity index is 516. The molecular weight excluding hydrogens is 273 g/mol. The van der Waals surface area contributed by atoms with Crippen LogP contribution in [0.2, 0.25) is 0 Å². The summed E-state index contributed by atoms with van der Waals surface area (Å²) in [6.07, 6.45) is 0. The normalized spacial score (nSPS) is 15.0. The van der Waals surface area contributed by atoms with Crippen molar-refractivity contribution < 1.29 is 14.0 Å². The van der Waals surface area contributed by atoms with E-state index in [0.717, 1.165) is 5.56 Å². The van der Waals surface area contributed by atoms with E-state index in [-0.39, 0.29) is 30.3 Å². The summed E-state index contributed by atoms with van der Waals surface area (Å²) in [5, 5.41) is 2.77. The lowest BCUT2D eigenvalue weighted by molar-refractivity contribution is -0.122. The average Bonchev–Trinajstić information content (AvgIpc) is 2.73. The van der Waals surface area contributed by atoms with E-state index in [0.29, 0.717) is 19.6 Å². The summed E-state index contributed by atoms with van der Waals surface area (Å²) in [7, 11) is 0. The molecule has 114 valence electrons. The van der Waals surface area contributed by atoms with Gasteiger partial charge >= 0.3 is 6.03 Å². The molecule has 1 aromatic rings. The van der Waals surface area contributed by atoms with Crippen LogP contribution in [-0.4, -0.2) is 47.4 Å². The molecular formula is C15H20FN3O2. The summed E-state index contributed by atoms with van der Waals surface area (Å²) < 4.78 is 12.9. The number of amides is 3. The smallest absolute Gasteiger partial charge is 0.320 e. The first-order valence-corrected chi connectivity index (χ1v) is 7.03. The van der Waals surface area contributed by atoms with E-state index < -0.39 is 0 Å². The highest BCUT2D eigenvalue weighted by Gasteiger charge is 2.29. The van der Waals surface area contributed by atoms with Crippen LogP contribution in [0.3, 0.4) is 0 Å². The van der Waals surface area contributed by atoms with Gasteiger partial charge in [0.05, 0.1) is 0 Å². The fourth-order valence-electron chi connectivity index (χ4n) is 2.28. The van der Waals surface area contributed by atoms with Crippen molar-refractivity contribution in [3.8, 4) is 0 Å². The van der Waals surface area contributed by atoms with Crippen molar-refractivity contribution in [2.45, 2.75) is 26.4 Å². The van der Waals surface area contributed by atoms with Gasteiger partial charge in [0.25, 0.3) is 0 Å². The third-order valence-electron chi connectivity index (χ3n) is 3.25. The molecule has 0 unspecified atom stereocenters. The first-order valence-electron chi connectivity index (χ1n) is 7.03. The standard InChI is InChI=1S/C15H20FN3O2/c1-11(2)17-14(20)10-19-8-7-18(15(19)21)9-12-3-5-13(16)6-4-12/h3-6,11H,7-10H2,1-2H3,(H,17,20). The summed E-state index contributed by atoms with van der Waals surface area (Å²) in [5.74, 6) is -0.444. The van der Waals surface area contributed by atoms with Crippen LogP contribution < -0.4 is 5.32 Å². The lowest BCUT2D eigenvalue weighted by Crippen LogP contribution is -2.41. The lowest BCUT2D eigenvalue weighted by Gasteiger charge is -2.19. The number of halogens is 1.